The Morgan fingerprint density at radius 1 is 0.980 bits per heavy atom. The van der Waals surface area contributed by atoms with Gasteiger partial charge in [0.15, 0.2) is 11.6 Å². The predicted octanol–water partition coefficient (Wildman–Crippen LogP) is 2.16. The fourth-order valence-electron chi connectivity index (χ4n) is 6.06. The van der Waals surface area contributed by atoms with Crippen molar-refractivity contribution in [2.75, 3.05) is 15.4 Å². The Hall–Kier alpha value is -4.01. The Morgan fingerprint density at radius 3 is 2.37 bits per heavy atom. The normalized spacial score (nSPS) is 18.1. The van der Waals surface area contributed by atoms with E-state index in [0.29, 0.717) is 40.4 Å². The molecule has 14 heteroatoms. The molecule has 1 aliphatic carbocycles. The van der Waals surface area contributed by atoms with Gasteiger partial charge in [-0.3, -0.25) is 14.3 Å². The summed E-state index contributed by atoms with van der Waals surface area (Å²) in [5, 5.41) is 20.6. The summed E-state index contributed by atoms with van der Waals surface area (Å²) in [7, 11) is -8.63. The molecule has 0 saturated carbocycles. The summed E-state index contributed by atoms with van der Waals surface area (Å²) in [6.07, 6.45) is 1.16. The first-order valence-electron chi connectivity index (χ1n) is 15.3. The van der Waals surface area contributed by atoms with Crippen LogP contribution >= 0.6 is 0 Å². The Kier molecular flexibility index (Phi) is 9.90. The molecule has 0 bridgehead atoms. The first-order chi connectivity index (χ1) is 22.6. The molecule has 11 nitrogen and oxygen atoms in total. The molecule has 0 fully saturated rings. The minimum absolute atomic E-state index is 0. The third-order valence-corrected chi connectivity index (χ3v) is 11.3. The number of sulfonamides is 2. The number of amidine groups is 1. The second-order valence-corrected chi connectivity index (χ2v) is 15.9. The van der Waals surface area contributed by atoms with Crippen LogP contribution in [0.2, 0.25) is 0 Å². The molecule has 248 valence electrons. The largest absolute Gasteiger partial charge is 1.00 e. The van der Waals surface area contributed by atoms with E-state index in [2.05, 4.69) is 19.8 Å². The van der Waals surface area contributed by atoms with Crippen molar-refractivity contribution in [3.8, 4) is 0 Å². The van der Waals surface area contributed by atoms with Gasteiger partial charge in [-0.2, -0.15) is 8.42 Å². The number of amides is 1. The van der Waals surface area contributed by atoms with E-state index in [9.17, 15) is 31.5 Å². The molecule has 3 N–H and O–H groups in total. The molecule has 0 spiro atoms. The predicted molar refractivity (Wildman–Crippen MR) is 184 cm³/mol. The van der Waals surface area contributed by atoms with Crippen molar-refractivity contribution < 1.29 is 61.1 Å². The number of nitrogens with zero attached hydrogens (tertiary/aromatic N) is 1. The summed E-state index contributed by atoms with van der Waals surface area (Å²) in [6, 6.07) is 20.2. The molecular formula is C35H33N4NaO7S2. The van der Waals surface area contributed by atoms with Gasteiger partial charge in [-0.25, -0.2) is 8.42 Å². The van der Waals surface area contributed by atoms with Gasteiger partial charge in [-0.1, -0.05) is 56.0 Å². The standard InChI is InChI=1S/C35H34N4O7S2.Na/c1-20(2)15-16-35(4)28-8-6-5-7-27(28)32(41)31(33(35)42)34-37-29-14-12-25(19-30(29)48(45,46)39-34)38-47(43,44)26-13-10-22-17-24(36-21(3)40)11-9-23(22)18-26;/h5-14,17-20,38,41H,15-16H2,1-4H3,(H,36,40)(H,37,39);/q;+1/p-1/t35-;/m1./s1. The van der Waals surface area contributed by atoms with Crippen molar-refractivity contribution in [1.29, 1.82) is 0 Å². The Labute approximate surface area is 307 Å². The summed E-state index contributed by atoms with van der Waals surface area (Å²) in [5.41, 5.74) is 0.0843. The van der Waals surface area contributed by atoms with E-state index in [1.165, 1.54) is 31.2 Å². The Morgan fingerprint density at radius 2 is 1.65 bits per heavy atom. The molecule has 0 aromatic heterocycles. The quantitative estimate of drug-likeness (QED) is 0.234. The number of anilines is 3. The number of hydrogen-bond donors (Lipinski definition) is 3. The van der Waals surface area contributed by atoms with Crippen LogP contribution in [0.5, 0.6) is 0 Å². The number of rotatable bonds is 8. The summed E-state index contributed by atoms with van der Waals surface area (Å²) < 4.78 is 60.0. The Balaban J connectivity index is 0.00000468. The number of benzene rings is 4. The van der Waals surface area contributed by atoms with Gasteiger partial charge in [0.1, 0.15) is 4.90 Å². The van der Waals surface area contributed by atoms with Crippen LogP contribution in [-0.2, 0) is 35.1 Å². The maximum atomic E-state index is 14.1. The van der Waals surface area contributed by atoms with Crippen molar-refractivity contribution in [2.45, 2.75) is 55.7 Å². The van der Waals surface area contributed by atoms with Crippen LogP contribution in [0.3, 0.4) is 0 Å². The molecule has 49 heavy (non-hydrogen) atoms. The molecule has 1 heterocycles. The monoisotopic (exact) mass is 708 g/mol. The van der Waals surface area contributed by atoms with E-state index >= 15 is 0 Å². The SMILES string of the molecule is CC(=O)Nc1ccc2cc(S(=O)(=O)Nc3ccc4c(c3)S(=O)(=O)N=C(C3=C([O-])c5ccccc5[C@@](C)(CCC(C)C)C3=O)N4)ccc2c1.[Na+]. The molecular weight excluding hydrogens is 676 g/mol. The summed E-state index contributed by atoms with van der Waals surface area (Å²) in [4.78, 5) is 25.1. The minimum atomic E-state index is -4.48. The molecule has 1 atom stereocenters. The van der Waals surface area contributed by atoms with Gasteiger partial charge in [0.05, 0.1) is 27.3 Å². The van der Waals surface area contributed by atoms with Crippen LogP contribution in [0.4, 0.5) is 17.1 Å². The van der Waals surface area contributed by atoms with Crippen LogP contribution in [0.1, 0.15) is 51.7 Å². The number of hydrogen-bond acceptors (Lipinski definition) is 8. The van der Waals surface area contributed by atoms with E-state index in [-0.39, 0.29) is 74.0 Å². The van der Waals surface area contributed by atoms with Crippen molar-refractivity contribution >= 4 is 71.2 Å². The zero-order valence-electron chi connectivity index (χ0n) is 27.6. The summed E-state index contributed by atoms with van der Waals surface area (Å²) in [5.74, 6) is -1.44. The average Bonchev–Trinajstić information content (AvgIpc) is 3.02. The van der Waals surface area contributed by atoms with Gasteiger partial charge in [0.2, 0.25) is 5.91 Å². The second-order valence-electron chi connectivity index (χ2n) is 12.6. The third kappa shape index (κ3) is 6.90. The number of nitrogens with one attached hydrogen (secondary N) is 3. The summed E-state index contributed by atoms with van der Waals surface area (Å²) in [6.45, 7) is 7.23. The molecule has 4 aromatic rings. The van der Waals surface area contributed by atoms with Crippen LogP contribution in [0, 0.1) is 5.92 Å². The van der Waals surface area contributed by atoms with Crippen molar-refractivity contribution in [1.82, 2.24) is 0 Å². The van der Waals surface area contributed by atoms with Crippen molar-refractivity contribution in [2.24, 2.45) is 10.3 Å². The van der Waals surface area contributed by atoms with Crippen LogP contribution in [0.15, 0.2) is 98.6 Å². The number of fused-ring (bicyclic) bond motifs is 3. The van der Waals surface area contributed by atoms with E-state index in [4.69, 9.17) is 0 Å². The average molecular weight is 709 g/mol. The first-order valence-corrected chi connectivity index (χ1v) is 18.2. The number of carbonyl (C=O) groups excluding carboxylic acids is 2. The van der Waals surface area contributed by atoms with E-state index < -0.39 is 37.0 Å². The zero-order chi connectivity index (χ0) is 34.6. The van der Waals surface area contributed by atoms with Crippen LogP contribution < -0.4 is 50.0 Å². The van der Waals surface area contributed by atoms with Crippen molar-refractivity contribution in [3.63, 3.8) is 0 Å². The maximum Gasteiger partial charge on any atom is 1.00 e. The van der Waals surface area contributed by atoms with E-state index in [0.717, 1.165) is 6.07 Å². The molecule has 0 unspecified atom stereocenters. The van der Waals surface area contributed by atoms with Gasteiger partial charge >= 0.3 is 29.6 Å². The summed E-state index contributed by atoms with van der Waals surface area (Å²) >= 11 is 0. The Bertz CT molecular complexity index is 2320. The first kappa shape index (κ1) is 36.3. The number of carbonyl (C=O) groups is 2. The fraction of sp³-hybridized carbons (Fsp3) is 0.229. The topological polar surface area (TPSA) is 174 Å². The second kappa shape index (κ2) is 13.4. The van der Waals surface area contributed by atoms with Crippen molar-refractivity contribution in [3.05, 3.63) is 95.6 Å². The van der Waals surface area contributed by atoms with Gasteiger partial charge < -0.3 is 15.7 Å². The van der Waals surface area contributed by atoms with E-state index in [1.807, 2.05) is 13.8 Å². The third-order valence-electron chi connectivity index (χ3n) is 8.60. The molecule has 1 aliphatic heterocycles. The molecule has 6 rings (SSSR count). The molecule has 0 radical (unpaired) electrons. The minimum Gasteiger partial charge on any atom is -0.871 e. The number of Topliss-reactive ketones (excluding diaryl/α,β-unsaturated/α-hetero) is 1. The van der Waals surface area contributed by atoms with Gasteiger partial charge in [0.25, 0.3) is 20.0 Å². The maximum absolute atomic E-state index is 14.1. The zero-order valence-corrected chi connectivity index (χ0v) is 31.3. The molecule has 1 amide bonds. The van der Waals surface area contributed by atoms with Crippen LogP contribution in [-0.4, -0.2) is 34.4 Å². The van der Waals surface area contributed by atoms with Gasteiger partial charge in [-0.15, -0.1) is 4.40 Å². The molecule has 0 saturated heterocycles. The number of ketones is 1. The smallest absolute Gasteiger partial charge is 0.871 e. The van der Waals surface area contributed by atoms with Gasteiger partial charge in [-0.05, 0) is 90.0 Å². The fourth-order valence-corrected chi connectivity index (χ4v) is 8.29. The molecule has 4 aromatic carbocycles. The van der Waals surface area contributed by atoms with E-state index in [1.54, 1.807) is 55.5 Å². The van der Waals surface area contributed by atoms with Crippen LogP contribution in [0.25, 0.3) is 16.5 Å². The molecule has 2 aliphatic rings. The van der Waals surface area contributed by atoms with Gasteiger partial charge in [0, 0.05) is 12.6 Å².